The Kier molecular flexibility index (Phi) is 6.32. The molecule has 0 aliphatic carbocycles. The molecule has 3 rings (SSSR count). The van der Waals surface area contributed by atoms with Crippen LogP contribution in [-0.4, -0.2) is 15.5 Å². The molecular formula is C23H20N2O3S. The Morgan fingerprint density at radius 3 is 2.28 bits per heavy atom. The number of methoxy groups -OCH3 is 1. The molecule has 29 heavy (non-hydrogen) atoms. The first-order valence-corrected chi connectivity index (χ1v) is 10.4. The van der Waals surface area contributed by atoms with Crippen LogP contribution in [0, 0.1) is 11.3 Å². The molecule has 0 spiro atoms. The summed E-state index contributed by atoms with van der Waals surface area (Å²) in [6, 6.07) is 25.1. The van der Waals surface area contributed by atoms with Gasteiger partial charge < -0.3 is 4.74 Å². The van der Waals surface area contributed by atoms with Crippen LogP contribution in [0.25, 0.3) is 6.08 Å². The van der Waals surface area contributed by atoms with Crippen LogP contribution in [-0.2, 0) is 16.6 Å². The molecule has 0 heterocycles. The Morgan fingerprint density at radius 1 is 0.966 bits per heavy atom. The summed E-state index contributed by atoms with van der Waals surface area (Å²) in [7, 11) is -2.26. The van der Waals surface area contributed by atoms with E-state index in [0.717, 1.165) is 5.56 Å². The van der Waals surface area contributed by atoms with Crippen LogP contribution in [0.1, 0.15) is 16.7 Å². The van der Waals surface area contributed by atoms with Gasteiger partial charge in [0.25, 0.3) is 10.0 Å². The number of nitriles is 1. The molecule has 3 aromatic carbocycles. The van der Waals surface area contributed by atoms with E-state index in [0.29, 0.717) is 22.6 Å². The maximum atomic E-state index is 13.2. The molecule has 0 bridgehead atoms. The maximum Gasteiger partial charge on any atom is 0.257 e. The van der Waals surface area contributed by atoms with E-state index in [1.54, 1.807) is 61.7 Å². The molecule has 0 aliphatic heterocycles. The first-order chi connectivity index (χ1) is 14.0. The lowest BCUT2D eigenvalue weighted by molar-refractivity contribution is 0.415. The van der Waals surface area contributed by atoms with Gasteiger partial charge in [0.2, 0.25) is 0 Å². The van der Waals surface area contributed by atoms with Gasteiger partial charge in [0.1, 0.15) is 5.75 Å². The van der Waals surface area contributed by atoms with Crippen LogP contribution in [0.15, 0.2) is 84.3 Å². The zero-order valence-corrected chi connectivity index (χ0v) is 16.7. The fraction of sp³-hybridized carbons (Fsp3) is 0.0870. The van der Waals surface area contributed by atoms with Gasteiger partial charge in [-0.05, 0) is 47.5 Å². The standard InChI is InChI=1S/C23H20N2O3S/c1-28-23-13-11-22(12-14-23)25(18-21-10-6-5-9-20(21)17-24)29(26,27)16-15-19-7-3-2-4-8-19/h2-16H,18H2,1H3/b16-15+. The Balaban J connectivity index is 2.01. The topological polar surface area (TPSA) is 70.4 Å². The predicted molar refractivity (Wildman–Crippen MR) is 115 cm³/mol. The number of hydrogen-bond donors (Lipinski definition) is 0. The average molecular weight is 404 g/mol. The minimum absolute atomic E-state index is 0.0392. The average Bonchev–Trinajstić information content (AvgIpc) is 2.77. The molecule has 0 atom stereocenters. The number of sulfonamides is 1. The number of ether oxygens (including phenoxy) is 1. The first kappa shape index (κ1) is 20.2. The van der Waals surface area contributed by atoms with E-state index >= 15 is 0 Å². The number of anilines is 1. The quantitative estimate of drug-likeness (QED) is 0.578. The van der Waals surface area contributed by atoms with Crippen molar-refractivity contribution in [2.24, 2.45) is 0 Å². The second kappa shape index (κ2) is 9.09. The highest BCUT2D eigenvalue weighted by atomic mass is 32.2. The summed E-state index contributed by atoms with van der Waals surface area (Å²) in [6.07, 6.45) is 1.56. The number of rotatable bonds is 7. The molecule has 6 heteroatoms. The normalized spacial score (nSPS) is 11.2. The van der Waals surface area contributed by atoms with Crippen molar-refractivity contribution in [2.45, 2.75) is 6.54 Å². The molecule has 3 aromatic rings. The SMILES string of the molecule is COc1ccc(N(Cc2ccccc2C#N)S(=O)(=O)/C=C/c2ccccc2)cc1. The Morgan fingerprint density at radius 2 is 1.62 bits per heavy atom. The first-order valence-electron chi connectivity index (χ1n) is 8.91. The maximum absolute atomic E-state index is 13.2. The van der Waals surface area contributed by atoms with Crippen LogP contribution in [0.3, 0.4) is 0 Å². The summed E-state index contributed by atoms with van der Waals surface area (Å²) in [5.74, 6) is 0.628. The molecule has 0 saturated heterocycles. The van der Waals surface area contributed by atoms with Gasteiger partial charge in [-0.1, -0.05) is 48.5 Å². The summed E-state index contributed by atoms with van der Waals surface area (Å²) < 4.78 is 32.8. The molecule has 0 radical (unpaired) electrons. The molecule has 0 N–H and O–H groups in total. The highest BCUT2D eigenvalue weighted by Crippen LogP contribution is 2.26. The van der Waals surface area contributed by atoms with Crippen LogP contribution >= 0.6 is 0 Å². The summed E-state index contributed by atoms with van der Waals surface area (Å²) in [6.45, 7) is 0.0392. The zero-order valence-electron chi connectivity index (χ0n) is 15.9. The number of hydrogen-bond acceptors (Lipinski definition) is 4. The fourth-order valence-electron chi connectivity index (χ4n) is 2.80. The summed E-state index contributed by atoms with van der Waals surface area (Å²) in [5, 5.41) is 10.6. The van der Waals surface area contributed by atoms with E-state index in [2.05, 4.69) is 6.07 Å². The predicted octanol–water partition coefficient (Wildman–Crippen LogP) is 4.57. The molecule has 0 aliphatic rings. The lowest BCUT2D eigenvalue weighted by Crippen LogP contribution is -2.29. The highest BCUT2D eigenvalue weighted by Gasteiger charge is 2.21. The van der Waals surface area contributed by atoms with Gasteiger partial charge in [-0.15, -0.1) is 0 Å². The van der Waals surface area contributed by atoms with E-state index in [1.807, 2.05) is 30.3 Å². The summed E-state index contributed by atoms with van der Waals surface area (Å²) in [4.78, 5) is 0. The van der Waals surface area contributed by atoms with E-state index in [4.69, 9.17) is 4.74 Å². The zero-order chi connectivity index (χ0) is 20.7. The third-order valence-electron chi connectivity index (χ3n) is 4.35. The Bertz CT molecular complexity index is 1130. The molecule has 146 valence electrons. The van der Waals surface area contributed by atoms with Gasteiger partial charge in [-0.2, -0.15) is 5.26 Å². The van der Waals surface area contributed by atoms with Crippen LogP contribution in [0.2, 0.25) is 0 Å². The van der Waals surface area contributed by atoms with Crippen molar-refractivity contribution in [3.05, 3.63) is 101 Å². The molecule has 0 aromatic heterocycles. The third-order valence-corrected chi connectivity index (χ3v) is 5.79. The van der Waals surface area contributed by atoms with Gasteiger partial charge in [0.15, 0.2) is 0 Å². The van der Waals surface area contributed by atoms with Crippen molar-refractivity contribution in [1.82, 2.24) is 0 Å². The largest absolute Gasteiger partial charge is 0.497 e. The summed E-state index contributed by atoms with van der Waals surface area (Å²) >= 11 is 0. The third kappa shape index (κ3) is 5.03. The van der Waals surface area contributed by atoms with Crippen molar-refractivity contribution >= 4 is 21.8 Å². The van der Waals surface area contributed by atoms with Crippen molar-refractivity contribution in [1.29, 1.82) is 5.26 Å². The van der Waals surface area contributed by atoms with Crippen LogP contribution in [0.5, 0.6) is 5.75 Å². The van der Waals surface area contributed by atoms with Crippen molar-refractivity contribution in [3.63, 3.8) is 0 Å². The second-order valence-electron chi connectivity index (χ2n) is 6.23. The van der Waals surface area contributed by atoms with Gasteiger partial charge in [-0.3, -0.25) is 4.31 Å². The van der Waals surface area contributed by atoms with Crippen molar-refractivity contribution < 1.29 is 13.2 Å². The molecule has 0 saturated carbocycles. The smallest absolute Gasteiger partial charge is 0.257 e. The van der Waals surface area contributed by atoms with E-state index in [1.165, 1.54) is 9.71 Å². The van der Waals surface area contributed by atoms with E-state index < -0.39 is 10.0 Å². The number of nitrogens with zero attached hydrogens (tertiary/aromatic N) is 2. The van der Waals surface area contributed by atoms with Crippen LogP contribution < -0.4 is 9.04 Å². The van der Waals surface area contributed by atoms with Gasteiger partial charge in [-0.25, -0.2) is 8.42 Å². The second-order valence-corrected chi connectivity index (χ2v) is 7.97. The Labute approximate surface area is 171 Å². The van der Waals surface area contributed by atoms with E-state index in [9.17, 15) is 13.7 Å². The van der Waals surface area contributed by atoms with Crippen molar-refractivity contribution in [2.75, 3.05) is 11.4 Å². The van der Waals surface area contributed by atoms with Gasteiger partial charge in [0.05, 0.1) is 36.4 Å². The fourth-order valence-corrected chi connectivity index (χ4v) is 4.01. The van der Waals surface area contributed by atoms with Gasteiger partial charge >= 0.3 is 0 Å². The molecule has 0 fully saturated rings. The monoisotopic (exact) mass is 404 g/mol. The lowest BCUT2D eigenvalue weighted by Gasteiger charge is -2.23. The highest BCUT2D eigenvalue weighted by molar-refractivity contribution is 7.95. The summed E-state index contributed by atoms with van der Waals surface area (Å²) in [5.41, 5.74) is 2.33. The van der Waals surface area contributed by atoms with Crippen molar-refractivity contribution in [3.8, 4) is 11.8 Å². The Hall–Kier alpha value is -3.56. The molecule has 0 amide bonds. The molecule has 5 nitrogen and oxygen atoms in total. The minimum Gasteiger partial charge on any atom is -0.497 e. The van der Waals surface area contributed by atoms with E-state index in [-0.39, 0.29) is 6.54 Å². The number of benzene rings is 3. The minimum atomic E-state index is -3.81. The van der Waals surface area contributed by atoms with Crippen LogP contribution in [0.4, 0.5) is 5.69 Å². The van der Waals surface area contributed by atoms with Gasteiger partial charge in [0, 0.05) is 0 Å². The lowest BCUT2D eigenvalue weighted by atomic mass is 10.1. The molecular weight excluding hydrogens is 384 g/mol. The molecule has 0 unspecified atom stereocenters.